The van der Waals surface area contributed by atoms with E-state index in [2.05, 4.69) is 37.4 Å². The number of hydrogen-bond acceptors (Lipinski definition) is 6. The number of nitrogens with one attached hydrogen (secondary N) is 4. The molecule has 1 aliphatic heterocycles. The van der Waals surface area contributed by atoms with Gasteiger partial charge in [0.25, 0.3) is 0 Å². The number of likely N-dealkylation sites (tertiary alicyclic amines) is 1. The van der Waals surface area contributed by atoms with E-state index in [9.17, 15) is 9.59 Å². The number of rotatable bonds is 7. The van der Waals surface area contributed by atoms with Crippen LogP contribution in [0.15, 0.2) is 73.6 Å². The van der Waals surface area contributed by atoms with E-state index in [4.69, 9.17) is 16.6 Å². The van der Waals surface area contributed by atoms with Gasteiger partial charge in [-0.2, -0.15) is 0 Å². The molecule has 0 saturated carbocycles. The molecule has 3 heterocycles. The number of carbonyl (C=O) groups excluding carboxylic acids is 2. The number of anilines is 3. The van der Waals surface area contributed by atoms with E-state index in [-0.39, 0.29) is 23.8 Å². The molecule has 5 rings (SSSR count). The molecule has 38 heavy (non-hydrogen) atoms. The van der Waals surface area contributed by atoms with Crippen molar-refractivity contribution in [1.82, 2.24) is 19.9 Å². The number of carbonyl (C=O) groups is 2. The van der Waals surface area contributed by atoms with E-state index in [1.54, 1.807) is 30.5 Å². The summed E-state index contributed by atoms with van der Waals surface area (Å²) in [6.45, 7) is 4.83. The number of amides is 2. The zero-order valence-electron chi connectivity index (χ0n) is 20.9. The van der Waals surface area contributed by atoms with Gasteiger partial charge in [0, 0.05) is 53.2 Å². The zero-order chi connectivity index (χ0) is 26.6. The first kappa shape index (κ1) is 25.4. The number of benzene rings is 2. The van der Waals surface area contributed by atoms with Crippen LogP contribution in [0.2, 0.25) is 5.02 Å². The van der Waals surface area contributed by atoms with Crippen LogP contribution in [0.4, 0.5) is 17.3 Å². The van der Waals surface area contributed by atoms with Crippen molar-refractivity contribution in [3.63, 3.8) is 0 Å². The maximum Gasteiger partial charge on any atom is 0.247 e. The molecule has 4 aromatic rings. The fourth-order valence-corrected chi connectivity index (χ4v) is 4.96. The lowest BCUT2D eigenvalue weighted by atomic mass is 9.93. The molecule has 1 unspecified atom stereocenters. The van der Waals surface area contributed by atoms with Crippen LogP contribution in [0.25, 0.3) is 22.2 Å². The lowest BCUT2D eigenvalue weighted by Gasteiger charge is -2.35. The van der Waals surface area contributed by atoms with Gasteiger partial charge in [-0.1, -0.05) is 36.4 Å². The molecular weight excluding hydrogens is 502 g/mol. The second-order valence-corrected chi connectivity index (χ2v) is 9.80. The number of fused-ring (bicyclic) bond motifs is 1. The molecular formula is C28H28ClN7O2. The van der Waals surface area contributed by atoms with Gasteiger partial charge < -0.3 is 25.8 Å². The Balaban J connectivity index is 1.26. The number of aromatic nitrogens is 3. The summed E-state index contributed by atoms with van der Waals surface area (Å²) in [7, 11) is 1.99. The van der Waals surface area contributed by atoms with Crippen molar-refractivity contribution < 1.29 is 9.59 Å². The minimum atomic E-state index is -0.288. The van der Waals surface area contributed by atoms with Gasteiger partial charge in [0.15, 0.2) is 0 Å². The summed E-state index contributed by atoms with van der Waals surface area (Å²) in [5.41, 5.74) is 3.85. The quantitative estimate of drug-likeness (QED) is 0.256. The van der Waals surface area contributed by atoms with Crippen molar-refractivity contribution in [2.75, 3.05) is 36.1 Å². The Morgan fingerprint density at radius 1 is 1.11 bits per heavy atom. The minimum absolute atomic E-state index is 0.0296. The Bertz CT molecular complexity index is 1480. The highest BCUT2D eigenvalue weighted by Gasteiger charge is 2.30. The number of aromatic amines is 1. The number of likely N-dealkylation sites (N-methyl/N-ethyl adjacent to an activating group) is 1. The summed E-state index contributed by atoms with van der Waals surface area (Å²) in [4.78, 5) is 39.1. The van der Waals surface area contributed by atoms with E-state index in [1.807, 2.05) is 37.5 Å². The Labute approximate surface area is 225 Å². The van der Waals surface area contributed by atoms with Crippen molar-refractivity contribution in [1.29, 1.82) is 0 Å². The molecule has 0 spiro atoms. The van der Waals surface area contributed by atoms with Crippen molar-refractivity contribution in [2.24, 2.45) is 5.92 Å². The predicted octanol–water partition coefficient (Wildman–Crippen LogP) is 4.77. The van der Waals surface area contributed by atoms with Crippen LogP contribution in [0.1, 0.15) is 6.42 Å². The Morgan fingerprint density at radius 2 is 1.84 bits per heavy atom. The average Bonchev–Trinajstić information content (AvgIpc) is 3.34. The molecule has 0 radical (unpaired) electrons. The van der Waals surface area contributed by atoms with Crippen LogP contribution < -0.4 is 16.0 Å². The van der Waals surface area contributed by atoms with E-state index in [1.165, 1.54) is 6.08 Å². The fourth-order valence-electron chi connectivity index (χ4n) is 4.76. The van der Waals surface area contributed by atoms with Gasteiger partial charge in [-0.3, -0.25) is 9.59 Å². The molecule has 2 amide bonds. The number of hydrogen-bond donors (Lipinski definition) is 4. The highest BCUT2D eigenvalue weighted by Crippen LogP contribution is 2.32. The first-order valence-corrected chi connectivity index (χ1v) is 12.7. The van der Waals surface area contributed by atoms with E-state index in [0.717, 1.165) is 23.0 Å². The molecule has 0 aliphatic carbocycles. The third-order valence-corrected chi connectivity index (χ3v) is 6.81. The van der Waals surface area contributed by atoms with Crippen LogP contribution >= 0.6 is 11.6 Å². The highest BCUT2D eigenvalue weighted by molar-refractivity contribution is 6.33. The number of H-pyrrole nitrogens is 1. The van der Waals surface area contributed by atoms with E-state index >= 15 is 0 Å². The first-order chi connectivity index (χ1) is 18.4. The SMILES string of the molecule is C=CC(=O)Nc1ccc(NC(=O)C2C[C@@H](Nc3ncc(Cl)c(-c4c[nH]c5ccccc45)n3)CN(C)C2)cc1. The third-order valence-electron chi connectivity index (χ3n) is 6.53. The van der Waals surface area contributed by atoms with Crippen molar-refractivity contribution in [3.8, 4) is 11.3 Å². The molecule has 2 aromatic carbocycles. The Hall–Kier alpha value is -4.21. The Kier molecular flexibility index (Phi) is 7.39. The molecule has 9 nitrogen and oxygen atoms in total. The summed E-state index contributed by atoms with van der Waals surface area (Å²) in [5, 5.41) is 10.6. The zero-order valence-corrected chi connectivity index (χ0v) is 21.6. The van der Waals surface area contributed by atoms with Crippen molar-refractivity contribution in [2.45, 2.75) is 12.5 Å². The summed E-state index contributed by atoms with van der Waals surface area (Å²) in [6, 6.07) is 14.9. The van der Waals surface area contributed by atoms with Gasteiger partial charge in [-0.05, 0) is 49.9 Å². The van der Waals surface area contributed by atoms with Gasteiger partial charge >= 0.3 is 0 Å². The van der Waals surface area contributed by atoms with Crippen LogP contribution in [0, 0.1) is 5.92 Å². The molecule has 1 fully saturated rings. The van der Waals surface area contributed by atoms with Crippen LogP contribution in [0.5, 0.6) is 0 Å². The second-order valence-electron chi connectivity index (χ2n) is 9.39. The largest absolute Gasteiger partial charge is 0.360 e. The lowest BCUT2D eigenvalue weighted by Crippen LogP contribution is -2.48. The molecule has 194 valence electrons. The van der Waals surface area contributed by atoms with Crippen LogP contribution in [-0.2, 0) is 9.59 Å². The Morgan fingerprint density at radius 3 is 2.61 bits per heavy atom. The van der Waals surface area contributed by atoms with Crippen molar-refractivity contribution in [3.05, 3.63) is 78.6 Å². The molecule has 4 N–H and O–H groups in total. The molecule has 2 aromatic heterocycles. The molecule has 10 heteroatoms. The van der Waals surface area contributed by atoms with E-state index < -0.39 is 0 Å². The fraction of sp³-hybridized carbons (Fsp3) is 0.214. The van der Waals surface area contributed by atoms with Gasteiger partial charge in [0.2, 0.25) is 17.8 Å². The van der Waals surface area contributed by atoms with Gasteiger partial charge in [0.05, 0.1) is 22.8 Å². The summed E-state index contributed by atoms with van der Waals surface area (Å²) in [6.07, 6.45) is 5.33. The van der Waals surface area contributed by atoms with Gasteiger partial charge in [-0.25, -0.2) is 9.97 Å². The number of piperidine rings is 1. The molecule has 0 bridgehead atoms. The molecule has 1 saturated heterocycles. The minimum Gasteiger partial charge on any atom is -0.360 e. The second kappa shape index (κ2) is 11.0. The third kappa shape index (κ3) is 5.69. The smallest absolute Gasteiger partial charge is 0.247 e. The predicted molar refractivity (Wildman–Crippen MR) is 151 cm³/mol. The summed E-state index contributed by atoms with van der Waals surface area (Å²) in [5.74, 6) is -0.121. The van der Waals surface area contributed by atoms with Crippen LogP contribution in [0.3, 0.4) is 0 Å². The lowest BCUT2D eigenvalue weighted by molar-refractivity contribution is -0.121. The van der Waals surface area contributed by atoms with Gasteiger partial charge in [0.1, 0.15) is 0 Å². The number of halogens is 1. The summed E-state index contributed by atoms with van der Waals surface area (Å²) >= 11 is 6.48. The first-order valence-electron chi connectivity index (χ1n) is 12.3. The normalized spacial score (nSPS) is 17.6. The summed E-state index contributed by atoms with van der Waals surface area (Å²) < 4.78 is 0. The molecule has 1 aliphatic rings. The monoisotopic (exact) mass is 529 g/mol. The van der Waals surface area contributed by atoms with Crippen LogP contribution in [-0.4, -0.2) is 57.8 Å². The standard InChI is InChI=1S/C28H28ClN7O2/c1-3-25(37)32-18-8-10-19(11-9-18)33-27(38)17-12-20(16-36(2)15-17)34-28-31-14-23(29)26(35-28)22-13-30-24-7-5-4-6-21(22)24/h3-11,13-14,17,20,30H,1,12,15-16H2,2H3,(H,32,37)(H,33,38)(H,31,34,35)/t17?,20-/m1/s1. The molecule has 2 atom stereocenters. The number of nitrogens with zero attached hydrogens (tertiary/aromatic N) is 3. The maximum atomic E-state index is 13.1. The van der Waals surface area contributed by atoms with Crippen molar-refractivity contribution >= 4 is 51.6 Å². The highest BCUT2D eigenvalue weighted by atomic mass is 35.5. The van der Waals surface area contributed by atoms with E-state index in [0.29, 0.717) is 41.0 Å². The topological polar surface area (TPSA) is 115 Å². The number of para-hydroxylation sites is 1. The average molecular weight is 530 g/mol. The van der Waals surface area contributed by atoms with Gasteiger partial charge in [-0.15, -0.1) is 0 Å². The maximum absolute atomic E-state index is 13.1.